The van der Waals surface area contributed by atoms with Crippen LogP contribution in [0.15, 0.2) is 53.0 Å². The van der Waals surface area contributed by atoms with E-state index in [1.54, 1.807) is 36.4 Å². The van der Waals surface area contributed by atoms with E-state index >= 15 is 0 Å². The van der Waals surface area contributed by atoms with Crippen LogP contribution in [0.3, 0.4) is 0 Å². The smallest absolute Gasteiger partial charge is 0.337 e. The lowest BCUT2D eigenvalue weighted by atomic mass is 9.97. The Balaban J connectivity index is 1.54. The van der Waals surface area contributed by atoms with Crippen LogP contribution in [-0.2, 0) is 25.3 Å². The Morgan fingerprint density at radius 3 is 2.40 bits per heavy atom. The van der Waals surface area contributed by atoms with Crippen molar-refractivity contribution in [3.63, 3.8) is 0 Å². The summed E-state index contributed by atoms with van der Waals surface area (Å²) < 4.78 is 32.4. The van der Waals surface area contributed by atoms with Gasteiger partial charge in [-0.05, 0) is 54.8 Å². The van der Waals surface area contributed by atoms with E-state index in [-0.39, 0.29) is 17.6 Å². The van der Waals surface area contributed by atoms with Gasteiger partial charge in [0.2, 0.25) is 15.9 Å². The molecule has 7 nitrogen and oxygen atoms in total. The molecule has 9 heteroatoms. The maximum absolute atomic E-state index is 12.7. The molecule has 1 N–H and O–H groups in total. The fraction of sp³-hybridized carbons (Fsp3) is 0.333. The number of carbonyl (C=O) groups is 2. The molecule has 0 aromatic heterocycles. The van der Waals surface area contributed by atoms with Crippen molar-refractivity contribution in [2.75, 3.05) is 25.5 Å². The maximum atomic E-state index is 12.7. The second-order valence-corrected chi connectivity index (χ2v) is 10.0. The molecule has 30 heavy (non-hydrogen) atoms. The van der Waals surface area contributed by atoms with Crippen LogP contribution >= 0.6 is 15.9 Å². The number of amides is 1. The largest absolute Gasteiger partial charge is 0.465 e. The average Bonchev–Trinajstić information content (AvgIpc) is 2.73. The van der Waals surface area contributed by atoms with Crippen molar-refractivity contribution < 1.29 is 22.7 Å². The topological polar surface area (TPSA) is 92.8 Å². The highest BCUT2D eigenvalue weighted by Crippen LogP contribution is 2.24. The second-order valence-electron chi connectivity index (χ2n) is 7.12. The first kappa shape index (κ1) is 22.5. The monoisotopic (exact) mass is 494 g/mol. The Hall–Kier alpha value is -2.23. The van der Waals surface area contributed by atoms with E-state index < -0.39 is 16.0 Å². The molecule has 1 amide bonds. The van der Waals surface area contributed by atoms with Crippen molar-refractivity contribution in [3.8, 4) is 0 Å². The molecule has 1 saturated heterocycles. The highest BCUT2D eigenvalue weighted by atomic mass is 79.9. The number of rotatable bonds is 6. The lowest BCUT2D eigenvalue weighted by Gasteiger charge is -2.30. The van der Waals surface area contributed by atoms with E-state index in [4.69, 9.17) is 0 Å². The Morgan fingerprint density at radius 2 is 1.80 bits per heavy atom. The molecule has 1 fully saturated rings. The Bertz CT molecular complexity index is 1020. The number of nitrogens with zero attached hydrogens (tertiary/aromatic N) is 1. The number of benzene rings is 2. The van der Waals surface area contributed by atoms with Gasteiger partial charge in [0.05, 0.1) is 18.4 Å². The lowest BCUT2D eigenvalue weighted by Crippen LogP contribution is -2.41. The van der Waals surface area contributed by atoms with Gasteiger partial charge in [0, 0.05) is 29.2 Å². The number of hydrogen-bond acceptors (Lipinski definition) is 5. The molecule has 0 bridgehead atoms. The molecule has 0 aliphatic carbocycles. The predicted octanol–water partition coefficient (Wildman–Crippen LogP) is 3.42. The van der Waals surface area contributed by atoms with Gasteiger partial charge < -0.3 is 10.1 Å². The quantitative estimate of drug-likeness (QED) is 0.621. The van der Waals surface area contributed by atoms with Crippen LogP contribution in [0.4, 0.5) is 5.69 Å². The van der Waals surface area contributed by atoms with Gasteiger partial charge in [-0.2, -0.15) is 0 Å². The fourth-order valence-electron chi connectivity index (χ4n) is 3.38. The number of halogens is 1. The number of esters is 1. The minimum absolute atomic E-state index is 0.0597. The zero-order chi connectivity index (χ0) is 21.7. The molecule has 2 aromatic carbocycles. The zero-order valence-corrected chi connectivity index (χ0v) is 18.9. The van der Waals surface area contributed by atoms with Crippen LogP contribution in [-0.4, -0.2) is 44.8 Å². The summed E-state index contributed by atoms with van der Waals surface area (Å²) in [5.74, 6) is -0.910. The van der Waals surface area contributed by atoms with Crippen LogP contribution in [0.2, 0.25) is 0 Å². The van der Waals surface area contributed by atoms with E-state index in [1.807, 2.05) is 12.1 Å². The van der Waals surface area contributed by atoms with E-state index in [0.717, 1.165) is 10.0 Å². The number of ether oxygens (including phenoxy) is 1. The molecule has 1 aliphatic rings. The summed E-state index contributed by atoms with van der Waals surface area (Å²) in [5.41, 5.74) is 1.71. The summed E-state index contributed by atoms with van der Waals surface area (Å²) in [6, 6.07) is 13.7. The number of carbonyl (C=O) groups excluding carboxylic acids is 2. The molecular formula is C21H23BrN2O5S. The van der Waals surface area contributed by atoms with Gasteiger partial charge in [-0.3, -0.25) is 4.79 Å². The first-order chi connectivity index (χ1) is 14.3. The lowest BCUT2D eigenvalue weighted by molar-refractivity contribution is -0.120. The number of nitrogens with one attached hydrogen (secondary N) is 1. The second kappa shape index (κ2) is 9.72. The Kier molecular flexibility index (Phi) is 7.27. The summed E-state index contributed by atoms with van der Waals surface area (Å²) in [6.45, 7) is 0.630. The zero-order valence-electron chi connectivity index (χ0n) is 16.5. The predicted molar refractivity (Wildman–Crippen MR) is 117 cm³/mol. The third-order valence-electron chi connectivity index (χ3n) is 5.03. The summed E-state index contributed by atoms with van der Waals surface area (Å²) in [4.78, 5) is 24.0. The highest BCUT2D eigenvalue weighted by Gasteiger charge is 2.31. The van der Waals surface area contributed by atoms with Crippen molar-refractivity contribution >= 4 is 43.5 Å². The van der Waals surface area contributed by atoms with Gasteiger partial charge in [0.15, 0.2) is 0 Å². The molecule has 0 spiro atoms. The van der Waals surface area contributed by atoms with Gasteiger partial charge in [-0.25, -0.2) is 17.5 Å². The first-order valence-corrected chi connectivity index (χ1v) is 11.9. The summed E-state index contributed by atoms with van der Waals surface area (Å²) in [7, 11) is -2.13. The molecule has 1 heterocycles. The number of anilines is 1. The van der Waals surface area contributed by atoms with Gasteiger partial charge in [-0.1, -0.05) is 28.1 Å². The molecule has 160 valence electrons. The molecule has 0 atom stereocenters. The number of hydrogen-bond donors (Lipinski definition) is 1. The van der Waals surface area contributed by atoms with Crippen LogP contribution < -0.4 is 5.32 Å². The number of sulfonamides is 1. The summed E-state index contributed by atoms with van der Waals surface area (Å²) in [6.07, 6.45) is 0.924. The summed E-state index contributed by atoms with van der Waals surface area (Å²) in [5, 5.41) is 2.83. The molecule has 1 aliphatic heterocycles. The third-order valence-corrected chi connectivity index (χ3v) is 7.37. The van der Waals surface area contributed by atoms with Gasteiger partial charge in [0.25, 0.3) is 0 Å². The fourth-order valence-corrected chi connectivity index (χ4v) is 5.37. The molecule has 0 saturated carbocycles. The highest BCUT2D eigenvalue weighted by molar-refractivity contribution is 9.10. The van der Waals surface area contributed by atoms with Crippen molar-refractivity contribution in [3.05, 3.63) is 64.1 Å². The Morgan fingerprint density at radius 1 is 1.13 bits per heavy atom. The maximum Gasteiger partial charge on any atom is 0.337 e. The third kappa shape index (κ3) is 5.68. The van der Waals surface area contributed by atoms with E-state index in [0.29, 0.717) is 37.2 Å². The minimum Gasteiger partial charge on any atom is -0.465 e. The standard InChI is InChI=1S/C21H23BrN2O5S/c1-29-21(26)17-5-7-19(8-6-17)23-20(25)16-9-11-24(12-10-16)30(27,28)14-15-3-2-4-18(22)13-15/h2-8,13,16H,9-12,14H2,1H3,(H,23,25). The molecule has 0 radical (unpaired) electrons. The van der Waals surface area contributed by atoms with Crippen molar-refractivity contribution in [1.29, 1.82) is 0 Å². The molecule has 3 rings (SSSR count). The number of methoxy groups -OCH3 is 1. The van der Waals surface area contributed by atoms with Crippen LogP contribution in [0.5, 0.6) is 0 Å². The summed E-state index contributed by atoms with van der Waals surface area (Å²) >= 11 is 3.36. The van der Waals surface area contributed by atoms with Gasteiger partial charge in [-0.15, -0.1) is 0 Å². The number of piperidine rings is 1. The first-order valence-electron chi connectivity index (χ1n) is 9.50. The molecule has 2 aromatic rings. The normalized spacial score (nSPS) is 15.5. The van der Waals surface area contributed by atoms with E-state index in [2.05, 4.69) is 26.0 Å². The van der Waals surface area contributed by atoms with Crippen molar-refractivity contribution in [2.24, 2.45) is 5.92 Å². The van der Waals surface area contributed by atoms with Crippen molar-refractivity contribution in [2.45, 2.75) is 18.6 Å². The van der Waals surface area contributed by atoms with Gasteiger partial charge >= 0.3 is 5.97 Å². The minimum atomic E-state index is -3.44. The van der Waals surface area contributed by atoms with E-state index in [1.165, 1.54) is 11.4 Å². The van der Waals surface area contributed by atoms with E-state index in [9.17, 15) is 18.0 Å². The van der Waals surface area contributed by atoms with Crippen LogP contribution in [0, 0.1) is 5.92 Å². The van der Waals surface area contributed by atoms with Crippen LogP contribution in [0.25, 0.3) is 0 Å². The van der Waals surface area contributed by atoms with Crippen molar-refractivity contribution in [1.82, 2.24) is 4.31 Å². The SMILES string of the molecule is COC(=O)c1ccc(NC(=O)C2CCN(S(=O)(=O)Cc3cccc(Br)c3)CC2)cc1. The van der Waals surface area contributed by atoms with Gasteiger partial charge in [0.1, 0.15) is 0 Å². The van der Waals surface area contributed by atoms with Crippen LogP contribution in [0.1, 0.15) is 28.8 Å². The molecule has 0 unspecified atom stereocenters. The Labute approximate surface area is 184 Å². The molecular weight excluding hydrogens is 472 g/mol. The average molecular weight is 495 g/mol.